The summed E-state index contributed by atoms with van der Waals surface area (Å²) < 4.78 is 0. The summed E-state index contributed by atoms with van der Waals surface area (Å²) in [5, 5.41) is 10.9. The van der Waals surface area contributed by atoms with Crippen LogP contribution in [0.15, 0.2) is 42.5 Å². The second kappa shape index (κ2) is 8.39. The van der Waals surface area contributed by atoms with E-state index in [0.29, 0.717) is 6.54 Å². The summed E-state index contributed by atoms with van der Waals surface area (Å²) in [7, 11) is 1.72. The molecule has 27 heavy (non-hydrogen) atoms. The number of benzene rings is 2. The molecule has 0 bridgehead atoms. The number of hydrogen-bond donors (Lipinski definition) is 0. The van der Waals surface area contributed by atoms with Crippen LogP contribution in [0.25, 0.3) is 0 Å². The molecular formula is C20H22ClN3O3. The normalized spacial score (nSPS) is 14.1. The molecule has 0 radical (unpaired) electrons. The van der Waals surface area contributed by atoms with Crippen molar-refractivity contribution in [3.05, 3.63) is 68.7 Å². The number of nitro groups is 1. The minimum atomic E-state index is -0.529. The van der Waals surface area contributed by atoms with Gasteiger partial charge in [-0.2, -0.15) is 0 Å². The number of nitrogens with zero attached hydrogens (tertiary/aromatic N) is 3. The second-order valence-electron chi connectivity index (χ2n) is 6.76. The average molecular weight is 388 g/mol. The lowest BCUT2D eigenvalue weighted by molar-refractivity contribution is -0.384. The summed E-state index contributed by atoms with van der Waals surface area (Å²) in [5.41, 5.74) is 2.37. The molecule has 0 spiro atoms. The Kier molecular flexibility index (Phi) is 5.96. The van der Waals surface area contributed by atoms with E-state index in [0.717, 1.165) is 24.3 Å². The average Bonchev–Trinajstić information content (AvgIpc) is 2.68. The first-order chi connectivity index (χ1) is 13.0. The Hall–Kier alpha value is -2.60. The molecular weight excluding hydrogens is 366 g/mol. The molecule has 1 aliphatic rings. The SMILES string of the molecule is CN(Cc1ccccc1N1CCCCC1)C(=O)c1ccc([N+](=O)[O-])cc1Cl. The molecule has 0 N–H and O–H groups in total. The number of carbonyl (C=O) groups excluding carboxylic acids is 1. The molecule has 1 saturated heterocycles. The number of hydrogen-bond acceptors (Lipinski definition) is 4. The molecule has 1 aliphatic heterocycles. The van der Waals surface area contributed by atoms with Crippen molar-refractivity contribution in [1.82, 2.24) is 4.90 Å². The first-order valence-corrected chi connectivity index (χ1v) is 9.37. The van der Waals surface area contributed by atoms with Gasteiger partial charge in [-0.25, -0.2) is 0 Å². The quantitative estimate of drug-likeness (QED) is 0.559. The Morgan fingerprint density at radius 2 is 1.89 bits per heavy atom. The van der Waals surface area contributed by atoms with E-state index >= 15 is 0 Å². The monoisotopic (exact) mass is 387 g/mol. The number of anilines is 1. The molecule has 0 saturated carbocycles. The Balaban J connectivity index is 1.78. The van der Waals surface area contributed by atoms with E-state index in [2.05, 4.69) is 11.0 Å². The Morgan fingerprint density at radius 3 is 2.56 bits per heavy atom. The molecule has 3 rings (SSSR count). The predicted octanol–water partition coefficient (Wildman–Crippen LogP) is 4.51. The van der Waals surface area contributed by atoms with E-state index < -0.39 is 4.92 Å². The Labute approximate surface area is 163 Å². The van der Waals surface area contributed by atoms with Crippen molar-refractivity contribution in [2.24, 2.45) is 0 Å². The van der Waals surface area contributed by atoms with Crippen molar-refractivity contribution in [3.63, 3.8) is 0 Å². The van der Waals surface area contributed by atoms with E-state index in [9.17, 15) is 14.9 Å². The van der Waals surface area contributed by atoms with Gasteiger partial charge in [-0.15, -0.1) is 0 Å². The zero-order valence-electron chi connectivity index (χ0n) is 15.2. The Morgan fingerprint density at radius 1 is 1.19 bits per heavy atom. The first kappa shape index (κ1) is 19.2. The van der Waals surface area contributed by atoms with E-state index in [1.807, 2.05) is 18.2 Å². The highest BCUT2D eigenvalue weighted by Crippen LogP contribution is 2.27. The lowest BCUT2D eigenvalue weighted by Gasteiger charge is -2.31. The minimum Gasteiger partial charge on any atom is -0.371 e. The van der Waals surface area contributed by atoms with Gasteiger partial charge in [0.05, 0.1) is 15.5 Å². The highest BCUT2D eigenvalue weighted by Gasteiger charge is 2.20. The van der Waals surface area contributed by atoms with Gasteiger partial charge in [-0.3, -0.25) is 14.9 Å². The number of nitro benzene ring substituents is 1. The molecule has 0 aliphatic carbocycles. The maximum atomic E-state index is 12.8. The number of rotatable bonds is 5. The van der Waals surface area contributed by atoms with Crippen LogP contribution in [0.3, 0.4) is 0 Å². The number of para-hydroxylation sites is 1. The smallest absolute Gasteiger partial charge is 0.270 e. The van der Waals surface area contributed by atoms with Crippen molar-refractivity contribution in [2.45, 2.75) is 25.8 Å². The Bertz CT molecular complexity index is 850. The third-order valence-electron chi connectivity index (χ3n) is 4.84. The number of amides is 1. The van der Waals surface area contributed by atoms with Gasteiger partial charge >= 0.3 is 0 Å². The largest absolute Gasteiger partial charge is 0.371 e. The van der Waals surface area contributed by atoms with Crippen LogP contribution >= 0.6 is 11.6 Å². The highest BCUT2D eigenvalue weighted by molar-refractivity contribution is 6.34. The third-order valence-corrected chi connectivity index (χ3v) is 5.15. The molecule has 1 heterocycles. The van der Waals surface area contributed by atoms with E-state index in [4.69, 9.17) is 11.6 Å². The van der Waals surface area contributed by atoms with Gasteiger partial charge in [0.15, 0.2) is 0 Å². The fourth-order valence-corrected chi connectivity index (χ4v) is 3.67. The van der Waals surface area contributed by atoms with Crippen molar-refractivity contribution in [2.75, 3.05) is 25.0 Å². The van der Waals surface area contributed by atoms with Crippen molar-refractivity contribution < 1.29 is 9.72 Å². The number of piperidine rings is 1. The molecule has 1 fully saturated rings. The minimum absolute atomic E-state index is 0.0883. The van der Waals surface area contributed by atoms with Crippen molar-refractivity contribution >= 4 is 28.9 Å². The summed E-state index contributed by atoms with van der Waals surface area (Å²) in [6.45, 7) is 2.50. The van der Waals surface area contributed by atoms with Gasteiger partial charge in [0.1, 0.15) is 0 Å². The van der Waals surface area contributed by atoms with Gasteiger partial charge in [0.25, 0.3) is 11.6 Å². The van der Waals surface area contributed by atoms with Crippen LogP contribution in [0.1, 0.15) is 35.2 Å². The van der Waals surface area contributed by atoms with Crippen LogP contribution in [-0.4, -0.2) is 35.9 Å². The van der Waals surface area contributed by atoms with Crippen LogP contribution in [-0.2, 0) is 6.54 Å². The first-order valence-electron chi connectivity index (χ1n) is 8.99. The van der Waals surface area contributed by atoms with Gasteiger partial charge in [-0.1, -0.05) is 29.8 Å². The molecule has 2 aromatic rings. The lowest BCUT2D eigenvalue weighted by Crippen LogP contribution is -2.32. The van der Waals surface area contributed by atoms with Crippen molar-refractivity contribution in [3.8, 4) is 0 Å². The third kappa shape index (κ3) is 4.39. The molecule has 0 aromatic heterocycles. The summed E-state index contributed by atoms with van der Waals surface area (Å²) in [6.07, 6.45) is 3.62. The fourth-order valence-electron chi connectivity index (χ4n) is 3.41. The van der Waals surface area contributed by atoms with Crippen LogP contribution in [0.5, 0.6) is 0 Å². The summed E-state index contributed by atoms with van der Waals surface area (Å²) in [6, 6.07) is 12.0. The van der Waals surface area contributed by atoms with Crippen LogP contribution in [0, 0.1) is 10.1 Å². The maximum Gasteiger partial charge on any atom is 0.270 e. The molecule has 0 unspecified atom stereocenters. The van der Waals surface area contributed by atoms with Gasteiger partial charge < -0.3 is 9.80 Å². The highest BCUT2D eigenvalue weighted by atomic mass is 35.5. The van der Waals surface area contributed by atoms with Crippen molar-refractivity contribution in [1.29, 1.82) is 0 Å². The second-order valence-corrected chi connectivity index (χ2v) is 7.17. The summed E-state index contributed by atoms with van der Waals surface area (Å²) in [5.74, 6) is -0.261. The topological polar surface area (TPSA) is 66.7 Å². The van der Waals surface area contributed by atoms with Crippen LogP contribution in [0.2, 0.25) is 5.02 Å². The number of non-ortho nitro benzene ring substituents is 1. The van der Waals surface area contributed by atoms with E-state index in [-0.39, 0.29) is 22.2 Å². The molecule has 0 atom stereocenters. The fraction of sp³-hybridized carbons (Fsp3) is 0.350. The molecule has 142 valence electrons. The lowest BCUT2D eigenvalue weighted by atomic mass is 10.1. The number of halogens is 1. The maximum absolute atomic E-state index is 12.8. The molecule has 6 nitrogen and oxygen atoms in total. The van der Waals surface area contributed by atoms with E-state index in [1.165, 1.54) is 37.5 Å². The zero-order valence-corrected chi connectivity index (χ0v) is 16.0. The van der Waals surface area contributed by atoms with Gasteiger partial charge in [0, 0.05) is 44.5 Å². The van der Waals surface area contributed by atoms with Gasteiger partial charge in [0.2, 0.25) is 0 Å². The number of carbonyl (C=O) groups is 1. The van der Waals surface area contributed by atoms with Crippen LogP contribution < -0.4 is 4.90 Å². The molecule has 7 heteroatoms. The summed E-state index contributed by atoms with van der Waals surface area (Å²) in [4.78, 5) is 27.1. The zero-order chi connectivity index (χ0) is 19.4. The standard InChI is InChI=1S/C20H22ClN3O3/c1-22(20(25)17-10-9-16(24(26)27)13-18(17)21)14-15-7-3-4-8-19(15)23-11-5-2-6-12-23/h3-4,7-10,13H,2,5-6,11-12,14H2,1H3. The predicted molar refractivity (Wildman–Crippen MR) is 106 cm³/mol. The van der Waals surface area contributed by atoms with E-state index in [1.54, 1.807) is 11.9 Å². The molecule has 1 amide bonds. The van der Waals surface area contributed by atoms with Crippen LogP contribution in [0.4, 0.5) is 11.4 Å². The van der Waals surface area contributed by atoms with Gasteiger partial charge in [-0.05, 0) is 37.0 Å². The summed E-state index contributed by atoms with van der Waals surface area (Å²) >= 11 is 6.11. The molecule has 2 aromatic carbocycles.